The summed E-state index contributed by atoms with van der Waals surface area (Å²) >= 11 is 0. The van der Waals surface area contributed by atoms with Gasteiger partial charge in [0.2, 0.25) is 0 Å². The molecule has 0 atom stereocenters. The van der Waals surface area contributed by atoms with Crippen LogP contribution in [-0.4, -0.2) is 6.54 Å². The number of benzene rings is 1. The van der Waals surface area contributed by atoms with Crippen LogP contribution in [0.15, 0.2) is 18.2 Å². The molecule has 0 aliphatic heterocycles. The van der Waals surface area contributed by atoms with Gasteiger partial charge in [-0.15, -0.1) is 0 Å². The molecular weight excluding hydrogens is 191 g/mol. The Kier molecular flexibility index (Phi) is 3.09. The van der Waals surface area contributed by atoms with Gasteiger partial charge in [-0.1, -0.05) is 12.8 Å². The summed E-state index contributed by atoms with van der Waals surface area (Å²) in [5.74, 6) is 0.414. The predicted octanol–water partition coefficient (Wildman–Crippen LogP) is 3.01. The van der Waals surface area contributed by atoms with Crippen LogP contribution in [0.4, 0.5) is 15.8 Å². The fourth-order valence-electron chi connectivity index (χ4n) is 2.11. The average molecular weight is 208 g/mol. The van der Waals surface area contributed by atoms with Gasteiger partial charge in [0.25, 0.3) is 0 Å². The third-order valence-electron chi connectivity index (χ3n) is 3.07. The Hall–Kier alpha value is -1.25. The first-order valence-electron chi connectivity index (χ1n) is 5.54. The minimum absolute atomic E-state index is 0.210. The van der Waals surface area contributed by atoms with Crippen LogP contribution < -0.4 is 11.1 Å². The van der Waals surface area contributed by atoms with Gasteiger partial charge in [-0.05, 0) is 37.0 Å². The highest BCUT2D eigenvalue weighted by molar-refractivity contribution is 5.52. The zero-order valence-corrected chi connectivity index (χ0v) is 8.80. The van der Waals surface area contributed by atoms with E-state index in [4.69, 9.17) is 5.73 Å². The highest BCUT2D eigenvalue weighted by Gasteiger charge is 2.14. The standard InChI is InChI=1S/C12H17FN2/c13-11-7-10(5-6-12(11)14)15-8-9-3-1-2-4-9/h5-7,9,15H,1-4,8,14H2. The fraction of sp³-hybridized carbons (Fsp3) is 0.500. The zero-order valence-electron chi connectivity index (χ0n) is 8.80. The largest absolute Gasteiger partial charge is 0.396 e. The van der Waals surface area contributed by atoms with Crippen molar-refractivity contribution in [3.8, 4) is 0 Å². The number of hydrogen-bond acceptors (Lipinski definition) is 2. The van der Waals surface area contributed by atoms with Gasteiger partial charge in [-0.2, -0.15) is 0 Å². The maximum absolute atomic E-state index is 13.1. The number of nitrogens with two attached hydrogens (primary N) is 1. The molecule has 15 heavy (non-hydrogen) atoms. The van der Waals surface area contributed by atoms with Gasteiger partial charge in [0, 0.05) is 12.2 Å². The quantitative estimate of drug-likeness (QED) is 0.749. The van der Waals surface area contributed by atoms with Crippen molar-refractivity contribution < 1.29 is 4.39 Å². The Bertz CT molecular complexity index is 332. The first-order valence-corrected chi connectivity index (χ1v) is 5.54. The Morgan fingerprint density at radius 3 is 2.73 bits per heavy atom. The summed E-state index contributed by atoms with van der Waals surface area (Å²) in [5.41, 5.74) is 6.44. The molecule has 1 aliphatic rings. The molecule has 0 amide bonds. The average Bonchev–Trinajstić information content (AvgIpc) is 2.73. The number of nitrogen functional groups attached to an aromatic ring is 1. The lowest BCUT2D eigenvalue weighted by molar-refractivity contribution is 0.579. The fourth-order valence-corrected chi connectivity index (χ4v) is 2.11. The molecule has 0 spiro atoms. The molecule has 1 fully saturated rings. The molecule has 3 heteroatoms. The molecule has 1 saturated carbocycles. The Morgan fingerprint density at radius 1 is 1.33 bits per heavy atom. The molecule has 0 radical (unpaired) electrons. The van der Waals surface area contributed by atoms with Crippen LogP contribution in [0.5, 0.6) is 0 Å². The monoisotopic (exact) mass is 208 g/mol. The summed E-state index contributed by atoms with van der Waals surface area (Å²) in [6, 6.07) is 4.89. The number of hydrogen-bond donors (Lipinski definition) is 2. The van der Waals surface area contributed by atoms with Gasteiger partial charge in [-0.25, -0.2) is 4.39 Å². The van der Waals surface area contributed by atoms with E-state index in [0.717, 1.165) is 18.2 Å². The lowest BCUT2D eigenvalue weighted by Crippen LogP contribution is -2.11. The summed E-state index contributed by atoms with van der Waals surface area (Å²) < 4.78 is 13.1. The maximum Gasteiger partial charge on any atom is 0.148 e. The molecule has 3 N–H and O–H groups in total. The van der Waals surface area contributed by atoms with Gasteiger partial charge < -0.3 is 11.1 Å². The van der Waals surface area contributed by atoms with Crippen LogP contribution >= 0.6 is 0 Å². The van der Waals surface area contributed by atoms with Crippen LogP contribution in [0.1, 0.15) is 25.7 Å². The van der Waals surface area contributed by atoms with E-state index < -0.39 is 0 Å². The molecular formula is C12H17FN2. The van der Waals surface area contributed by atoms with E-state index in [0.29, 0.717) is 0 Å². The van der Waals surface area contributed by atoms with E-state index in [1.54, 1.807) is 6.07 Å². The second kappa shape index (κ2) is 4.51. The summed E-state index contributed by atoms with van der Waals surface area (Å²) in [7, 11) is 0. The van der Waals surface area contributed by atoms with E-state index in [1.807, 2.05) is 6.07 Å². The summed E-state index contributed by atoms with van der Waals surface area (Å²) in [5, 5.41) is 3.26. The molecule has 0 unspecified atom stereocenters. The van der Waals surface area contributed by atoms with Gasteiger partial charge in [-0.3, -0.25) is 0 Å². The number of halogens is 1. The summed E-state index contributed by atoms with van der Waals surface area (Å²) in [6.45, 7) is 0.948. The van der Waals surface area contributed by atoms with Crippen LogP contribution in [0.25, 0.3) is 0 Å². The smallest absolute Gasteiger partial charge is 0.148 e. The second-order valence-corrected chi connectivity index (χ2v) is 4.27. The molecule has 82 valence electrons. The molecule has 0 saturated heterocycles. The van der Waals surface area contributed by atoms with Crippen molar-refractivity contribution in [2.24, 2.45) is 5.92 Å². The summed E-state index contributed by atoms with van der Waals surface area (Å²) in [4.78, 5) is 0. The first kappa shape index (κ1) is 10.3. The topological polar surface area (TPSA) is 38.0 Å². The molecule has 1 aromatic rings. The second-order valence-electron chi connectivity index (χ2n) is 4.27. The Morgan fingerprint density at radius 2 is 2.07 bits per heavy atom. The van der Waals surface area contributed by atoms with Crippen molar-refractivity contribution in [2.45, 2.75) is 25.7 Å². The molecule has 0 heterocycles. The van der Waals surface area contributed by atoms with E-state index in [-0.39, 0.29) is 11.5 Å². The maximum atomic E-state index is 13.1. The van der Waals surface area contributed by atoms with Gasteiger partial charge >= 0.3 is 0 Å². The molecule has 2 rings (SSSR count). The minimum Gasteiger partial charge on any atom is -0.396 e. The third kappa shape index (κ3) is 2.61. The lowest BCUT2D eigenvalue weighted by atomic mass is 10.1. The number of anilines is 2. The van der Waals surface area contributed by atoms with Gasteiger partial charge in [0.05, 0.1) is 5.69 Å². The van der Waals surface area contributed by atoms with Crippen molar-refractivity contribution in [1.29, 1.82) is 0 Å². The predicted molar refractivity (Wildman–Crippen MR) is 61.3 cm³/mol. The van der Waals surface area contributed by atoms with Crippen LogP contribution in [0, 0.1) is 11.7 Å². The summed E-state index contributed by atoms with van der Waals surface area (Å²) in [6.07, 6.45) is 5.26. The van der Waals surface area contributed by atoms with Crippen LogP contribution in [0.2, 0.25) is 0 Å². The van der Waals surface area contributed by atoms with Crippen molar-refractivity contribution in [2.75, 3.05) is 17.6 Å². The number of rotatable bonds is 3. The van der Waals surface area contributed by atoms with E-state index in [1.165, 1.54) is 31.7 Å². The molecule has 0 aromatic heterocycles. The van der Waals surface area contributed by atoms with Gasteiger partial charge in [0.1, 0.15) is 5.82 Å². The van der Waals surface area contributed by atoms with E-state index in [9.17, 15) is 4.39 Å². The SMILES string of the molecule is Nc1ccc(NCC2CCCC2)cc1F. The van der Waals surface area contributed by atoms with Crippen molar-refractivity contribution >= 4 is 11.4 Å². The zero-order chi connectivity index (χ0) is 10.7. The van der Waals surface area contributed by atoms with Crippen LogP contribution in [-0.2, 0) is 0 Å². The van der Waals surface area contributed by atoms with Crippen molar-refractivity contribution in [1.82, 2.24) is 0 Å². The molecule has 1 aromatic carbocycles. The highest BCUT2D eigenvalue weighted by Crippen LogP contribution is 2.25. The number of nitrogens with one attached hydrogen (secondary N) is 1. The Labute approximate surface area is 89.7 Å². The van der Waals surface area contributed by atoms with E-state index in [2.05, 4.69) is 5.32 Å². The molecule has 2 nitrogen and oxygen atoms in total. The van der Waals surface area contributed by atoms with Crippen molar-refractivity contribution in [3.05, 3.63) is 24.0 Å². The minimum atomic E-state index is -0.341. The third-order valence-corrected chi connectivity index (χ3v) is 3.07. The van der Waals surface area contributed by atoms with Crippen molar-refractivity contribution in [3.63, 3.8) is 0 Å². The van der Waals surface area contributed by atoms with Gasteiger partial charge in [0.15, 0.2) is 0 Å². The van der Waals surface area contributed by atoms with Crippen LogP contribution in [0.3, 0.4) is 0 Å². The molecule has 1 aliphatic carbocycles. The normalized spacial score (nSPS) is 16.9. The van der Waals surface area contributed by atoms with E-state index >= 15 is 0 Å². The Balaban J connectivity index is 1.90. The molecule has 0 bridgehead atoms. The lowest BCUT2D eigenvalue weighted by Gasteiger charge is -2.12. The highest BCUT2D eigenvalue weighted by atomic mass is 19.1. The first-order chi connectivity index (χ1) is 7.25.